The average molecular weight is 553 g/mol. The van der Waals surface area contributed by atoms with E-state index in [1.807, 2.05) is 65.3 Å². The molecule has 2 aliphatic rings. The zero-order chi connectivity index (χ0) is 28.0. The number of rotatable bonds is 8. The summed E-state index contributed by atoms with van der Waals surface area (Å²) in [5.41, 5.74) is 5.39. The van der Waals surface area contributed by atoms with E-state index in [2.05, 4.69) is 32.1 Å². The molecule has 0 unspecified atom stereocenters. The van der Waals surface area contributed by atoms with Crippen molar-refractivity contribution in [3.8, 4) is 16.9 Å². The zero-order valence-corrected chi connectivity index (χ0v) is 23.4. The lowest BCUT2D eigenvalue weighted by atomic mass is 10.1. The minimum atomic E-state index is -0.212. The third kappa shape index (κ3) is 6.12. The van der Waals surface area contributed by atoms with Crippen LogP contribution < -0.4 is 15.1 Å². The summed E-state index contributed by atoms with van der Waals surface area (Å²) in [6.45, 7) is 6.69. The van der Waals surface area contributed by atoms with Gasteiger partial charge in [0.2, 0.25) is 0 Å². The Morgan fingerprint density at radius 1 is 0.732 bits per heavy atom. The maximum atomic E-state index is 13.8. The van der Waals surface area contributed by atoms with Crippen LogP contribution in [-0.2, 0) is 0 Å². The number of benzene rings is 3. The van der Waals surface area contributed by atoms with Crippen molar-refractivity contribution in [2.24, 2.45) is 0 Å². The van der Waals surface area contributed by atoms with Gasteiger partial charge in [0.25, 0.3) is 5.91 Å². The molecule has 0 spiro atoms. The van der Waals surface area contributed by atoms with Crippen molar-refractivity contribution in [1.29, 1.82) is 0 Å². The third-order valence-electron chi connectivity index (χ3n) is 8.07. The number of piperidine rings is 1. The van der Waals surface area contributed by atoms with Gasteiger partial charge in [0.1, 0.15) is 5.82 Å². The van der Waals surface area contributed by atoms with Crippen LogP contribution in [0.15, 0.2) is 84.9 Å². The lowest BCUT2D eigenvalue weighted by Crippen LogP contribution is -2.48. The molecule has 0 saturated carbocycles. The summed E-state index contributed by atoms with van der Waals surface area (Å²) in [6.07, 6.45) is 3.42. The highest BCUT2D eigenvalue weighted by Crippen LogP contribution is 2.37. The van der Waals surface area contributed by atoms with Crippen LogP contribution in [0, 0.1) is 5.82 Å². The number of aromatic nitrogens is 2. The first-order valence-corrected chi connectivity index (χ1v) is 14.7. The molecule has 2 fully saturated rings. The molecule has 1 aromatic heterocycles. The average Bonchev–Trinajstić information content (AvgIpc) is 3.44. The van der Waals surface area contributed by atoms with Gasteiger partial charge in [-0.25, -0.2) is 9.07 Å². The standard InChI is InChI=1S/C33H37FN6O/c34-27-14-16-28(17-15-27)38-24-22-37(23-25-38)21-18-35-33(41)30-32(39-19-8-3-9-20-39)31(26-10-4-1-5-11-26)40(36-30)29-12-6-2-7-13-29/h1-2,4-7,10-17H,3,8-9,18-25H2,(H,35,41). The first-order valence-electron chi connectivity index (χ1n) is 14.7. The molecule has 0 bridgehead atoms. The zero-order valence-electron chi connectivity index (χ0n) is 23.4. The Labute approximate surface area is 241 Å². The van der Waals surface area contributed by atoms with E-state index in [4.69, 9.17) is 5.10 Å². The van der Waals surface area contributed by atoms with Crippen molar-refractivity contribution in [1.82, 2.24) is 20.0 Å². The van der Waals surface area contributed by atoms with Crippen molar-refractivity contribution < 1.29 is 9.18 Å². The Morgan fingerprint density at radius 2 is 1.39 bits per heavy atom. The molecular weight excluding hydrogens is 515 g/mol. The fourth-order valence-electron chi connectivity index (χ4n) is 5.88. The van der Waals surface area contributed by atoms with Crippen LogP contribution in [0.4, 0.5) is 15.8 Å². The molecule has 41 heavy (non-hydrogen) atoms. The Morgan fingerprint density at radius 3 is 2.07 bits per heavy atom. The van der Waals surface area contributed by atoms with E-state index in [9.17, 15) is 9.18 Å². The van der Waals surface area contributed by atoms with Gasteiger partial charge in [0, 0.05) is 63.6 Å². The summed E-state index contributed by atoms with van der Waals surface area (Å²) < 4.78 is 15.2. The summed E-state index contributed by atoms with van der Waals surface area (Å²) >= 11 is 0. The lowest BCUT2D eigenvalue weighted by Gasteiger charge is -2.36. The number of carbonyl (C=O) groups is 1. The predicted molar refractivity (Wildman–Crippen MR) is 162 cm³/mol. The van der Waals surface area contributed by atoms with Gasteiger partial charge >= 0.3 is 0 Å². The Balaban J connectivity index is 1.20. The number of halogens is 1. The molecule has 3 aromatic carbocycles. The van der Waals surface area contributed by atoms with Gasteiger partial charge in [0.05, 0.1) is 17.1 Å². The van der Waals surface area contributed by atoms with Crippen LogP contribution in [0.5, 0.6) is 0 Å². The molecule has 7 nitrogen and oxygen atoms in total. The molecule has 2 saturated heterocycles. The highest BCUT2D eigenvalue weighted by atomic mass is 19.1. The number of piperazine rings is 1. The summed E-state index contributed by atoms with van der Waals surface area (Å²) in [5, 5.41) is 8.14. The molecule has 212 valence electrons. The minimum absolute atomic E-state index is 0.137. The quantitative estimate of drug-likeness (QED) is 0.325. The molecule has 6 rings (SSSR count). The lowest BCUT2D eigenvalue weighted by molar-refractivity contribution is 0.0942. The van der Waals surface area contributed by atoms with Crippen molar-refractivity contribution in [2.45, 2.75) is 19.3 Å². The van der Waals surface area contributed by atoms with Crippen LogP contribution >= 0.6 is 0 Å². The molecule has 0 radical (unpaired) electrons. The molecule has 2 aliphatic heterocycles. The van der Waals surface area contributed by atoms with Gasteiger partial charge in [-0.3, -0.25) is 9.69 Å². The van der Waals surface area contributed by atoms with E-state index in [0.29, 0.717) is 12.2 Å². The second-order valence-corrected chi connectivity index (χ2v) is 10.8. The molecule has 8 heteroatoms. The number of carbonyl (C=O) groups excluding carboxylic acids is 1. The minimum Gasteiger partial charge on any atom is -0.369 e. The molecule has 3 heterocycles. The van der Waals surface area contributed by atoms with Gasteiger partial charge in [-0.05, 0) is 55.7 Å². The van der Waals surface area contributed by atoms with Crippen LogP contribution in [0.2, 0.25) is 0 Å². The fourth-order valence-corrected chi connectivity index (χ4v) is 5.88. The summed E-state index contributed by atoms with van der Waals surface area (Å²) in [5.74, 6) is -0.349. The Kier molecular flexibility index (Phi) is 8.28. The number of nitrogens with zero attached hydrogens (tertiary/aromatic N) is 5. The third-order valence-corrected chi connectivity index (χ3v) is 8.07. The van der Waals surface area contributed by atoms with Crippen LogP contribution in [-0.4, -0.2) is 72.9 Å². The number of anilines is 2. The van der Waals surface area contributed by atoms with Crippen molar-refractivity contribution in [3.05, 3.63) is 96.4 Å². The molecule has 4 aromatic rings. The van der Waals surface area contributed by atoms with Gasteiger partial charge in [-0.1, -0.05) is 48.5 Å². The number of hydrogen-bond acceptors (Lipinski definition) is 5. The number of nitrogens with one attached hydrogen (secondary N) is 1. The highest BCUT2D eigenvalue weighted by Gasteiger charge is 2.29. The van der Waals surface area contributed by atoms with Crippen LogP contribution in [0.25, 0.3) is 16.9 Å². The van der Waals surface area contributed by atoms with E-state index < -0.39 is 0 Å². The Bertz CT molecular complexity index is 1430. The van der Waals surface area contributed by atoms with E-state index in [0.717, 1.165) is 87.0 Å². The predicted octanol–water partition coefficient (Wildman–Crippen LogP) is 5.22. The molecule has 0 atom stereocenters. The van der Waals surface area contributed by atoms with Crippen LogP contribution in [0.3, 0.4) is 0 Å². The molecule has 1 N–H and O–H groups in total. The second kappa shape index (κ2) is 12.6. The van der Waals surface area contributed by atoms with E-state index in [1.165, 1.54) is 18.6 Å². The van der Waals surface area contributed by atoms with Gasteiger partial charge in [0.15, 0.2) is 5.69 Å². The monoisotopic (exact) mass is 552 g/mol. The number of para-hydroxylation sites is 1. The Hall–Kier alpha value is -4.17. The van der Waals surface area contributed by atoms with Gasteiger partial charge in [-0.15, -0.1) is 0 Å². The van der Waals surface area contributed by atoms with E-state index in [1.54, 1.807) is 0 Å². The normalized spacial score (nSPS) is 16.1. The van der Waals surface area contributed by atoms with Gasteiger partial charge in [-0.2, -0.15) is 5.10 Å². The molecule has 1 amide bonds. The van der Waals surface area contributed by atoms with Crippen molar-refractivity contribution in [2.75, 3.05) is 62.2 Å². The van der Waals surface area contributed by atoms with Crippen LogP contribution in [0.1, 0.15) is 29.8 Å². The second-order valence-electron chi connectivity index (χ2n) is 10.8. The summed E-state index contributed by atoms with van der Waals surface area (Å²) in [4.78, 5) is 20.8. The highest BCUT2D eigenvalue weighted by molar-refractivity contribution is 6.02. The van der Waals surface area contributed by atoms with Gasteiger partial charge < -0.3 is 15.1 Å². The van der Waals surface area contributed by atoms with E-state index >= 15 is 0 Å². The maximum Gasteiger partial charge on any atom is 0.274 e. The number of hydrogen-bond donors (Lipinski definition) is 1. The smallest absolute Gasteiger partial charge is 0.274 e. The van der Waals surface area contributed by atoms with E-state index in [-0.39, 0.29) is 11.7 Å². The topological polar surface area (TPSA) is 56.6 Å². The largest absolute Gasteiger partial charge is 0.369 e. The molecular formula is C33H37FN6O. The number of amides is 1. The van der Waals surface area contributed by atoms with Crippen molar-refractivity contribution in [3.63, 3.8) is 0 Å². The first kappa shape index (κ1) is 27.0. The van der Waals surface area contributed by atoms with Crippen molar-refractivity contribution >= 4 is 17.3 Å². The summed E-state index contributed by atoms with van der Waals surface area (Å²) in [7, 11) is 0. The molecule has 0 aliphatic carbocycles. The first-order chi connectivity index (χ1) is 20.2. The maximum absolute atomic E-state index is 13.8. The summed E-state index contributed by atoms with van der Waals surface area (Å²) in [6, 6.07) is 27.0. The fraction of sp³-hybridized carbons (Fsp3) is 0.333. The SMILES string of the molecule is O=C(NCCN1CCN(c2ccc(F)cc2)CC1)c1nn(-c2ccccc2)c(-c2ccccc2)c1N1CCCCC1.